The molecular formula is C17H27F3O3Si. The number of ether oxygens (including phenoxy) is 2. The summed E-state index contributed by atoms with van der Waals surface area (Å²) in [6, 6.07) is 2.28. The van der Waals surface area contributed by atoms with Crippen LogP contribution in [-0.2, 0) is 20.3 Å². The van der Waals surface area contributed by atoms with Crippen molar-refractivity contribution < 1.29 is 27.1 Å². The summed E-state index contributed by atoms with van der Waals surface area (Å²) in [5.41, 5.74) is -0.0526. The standard InChI is InChI=1S/C17H27F3O3Si/c1-11(2)21-17(22-12(3)4)23-24-8-6-5-7-14-15(19)9-13(18)10-16(14)20/h9-12,17H,5-8,24H2,1-4H3. The molecule has 1 rings (SSSR count). The van der Waals surface area contributed by atoms with E-state index in [4.69, 9.17) is 13.9 Å². The second kappa shape index (κ2) is 10.9. The van der Waals surface area contributed by atoms with Crippen molar-refractivity contribution in [3.63, 3.8) is 0 Å². The maximum Gasteiger partial charge on any atom is 0.262 e. The molecule has 1 aromatic rings. The van der Waals surface area contributed by atoms with Crippen LogP contribution in [0.25, 0.3) is 0 Å². The molecule has 0 radical (unpaired) electrons. The quantitative estimate of drug-likeness (QED) is 0.336. The minimum atomic E-state index is -0.893. The molecule has 0 aliphatic carbocycles. The Morgan fingerprint density at radius 1 is 0.917 bits per heavy atom. The normalized spacial score (nSPS) is 12.4. The Bertz CT molecular complexity index is 465. The minimum Gasteiger partial charge on any atom is -0.379 e. The molecule has 0 N–H and O–H groups in total. The van der Waals surface area contributed by atoms with E-state index in [0.29, 0.717) is 18.6 Å². The molecule has 0 aliphatic rings. The van der Waals surface area contributed by atoms with E-state index in [1.54, 1.807) is 0 Å². The highest BCUT2D eigenvalue weighted by Gasteiger charge is 2.14. The van der Waals surface area contributed by atoms with Crippen molar-refractivity contribution in [2.24, 2.45) is 0 Å². The minimum absolute atomic E-state index is 0.00664. The highest BCUT2D eigenvalue weighted by atomic mass is 28.2. The van der Waals surface area contributed by atoms with Gasteiger partial charge in [0.2, 0.25) is 0 Å². The van der Waals surface area contributed by atoms with Crippen LogP contribution in [0.1, 0.15) is 46.1 Å². The molecule has 7 heteroatoms. The van der Waals surface area contributed by atoms with Gasteiger partial charge in [-0.15, -0.1) is 0 Å². The Kier molecular flexibility index (Phi) is 9.58. The van der Waals surface area contributed by atoms with E-state index in [9.17, 15) is 13.2 Å². The van der Waals surface area contributed by atoms with Crippen LogP contribution in [-0.4, -0.2) is 28.4 Å². The number of hydrogen-bond acceptors (Lipinski definition) is 3. The first-order valence-corrected chi connectivity index (χ1v) is 9.93. The van der Waals surface area contributed by atoms with Crippen molar-refractivity contribution in [2.45, 2.75) is 71.7 Å². The predicted octanol–water partition coefficient (Wildman–Crippen LogP) is 4.08. The first-order valence-electron chi connectivity index (χ1n) is 8.35. The fraction of sp³-hybridized carbons (Fsp3) is 0.647. The lowest BCUT2D eigenvalue weighted by Gasteiger charge is -2.23. The average molecular weight is 364 g/mol. The fourth-order valence-electron chi connectivity index (χ4n) is 2.13. The van der Waals surface area contributed by atoms with Gasteiger partial charge < -0.3 is 13.9 Å². The Morgan fingerprint density at radius 3 is 1.96 bits per heavy atom. The van der Waals surface area contributed by atoms with Gasteiger partial charge in [-0.2, -0.15) is 0 Å². The van der Waals surface area contributed by atoms with E-state index in [2.05, 4.69) is 0 Å². The maximum absolute atomic E-state index is 13.5. The second-order valence-corrected chi connectivity index (χ2v) is 7.64. The van der Waals surface area contributed by atoms with Crippen LogP contribution in [0.15, 0.2) is 12.1 Å². The molecule has 0 bridgehead atoms. The molecule has 1 aromatic carbocycles. The van der Waals surface area contributed by atoms with Gasteiger partial charge in [0, 0.05) is 17.7 Å². The van der Waals surface area contributed by atoms with Crippen LogP contribution in [0.3, 0.4) is 0 Å². The van der Waals surface area contributed by atoms with Crippen LogP contribution in [0.4, 0.5) is 13.2 Å². The lowest BCUT2D eigenvalue weighted by molar-refractivity contribution is -0.275. The topological polar surface area (TPSA) is 27.7 Å². The van der Waals surface area contributed by atoms with Gasteiger partial charge in [0.1, 0.15) is 17.5 Å². The van der Waals surface area contributed by atoms with Gasteiger partial charge in [0.15, 0.2) is 9.76 Å². The zero-order valence-corrected chi connectivity index (χ0v) is 16.2. The maximum atomic E-state index is 13.5. The molecule has 0 heterocycles. The predicted molar refractivity (Wildman–Crippen MR) is 89.9 cm³/mol. The Morgan fingerprint density at radius 2 is 1.46 bits per heavy atom. The van der Waals surface area contributed by atoms with Crippen molar-refractivity contribution in [1.82, 2.24) is 0 Å². The molecule has 0 fully saturated rings. The van der Waals surface area contributed by atoms with Crippen molar-refractivity contribution in [3.8, 4) is 0 Å². The molecule has 0 unspecified atom stereocenters. The molecule has 0 saturated heterocycles. The van der Waals surface area contributed by atoms with E-state index in [0.717, 1.165) is 12.5 Å². The van der Waals surface area contributed by atoms with Gasteiger partial charge in [-0.1, -0.05) is 6.42 Å². The molecule has 0 aliphatic heterocycles. The Balaban J connectivity index is 2.28. The number of hydrogen-bond donors (Lipinski definition) is 0. The van der Waals surface area contributed by atoms with Crippen LogP contribution in [0, 0.1) is 17.5 Å². The summed E-state index contributed by atoms with van der Waals surface area (Å²) >= 11 is 0. The smallest absolute Gasteiger partial charge is 0.262 e. The van der Waals surface area contributed by atoms with Crippen LogP contribution in [0.5, 0.6) is 0 Å². The van der Waals surface area contributed by atoms with E-state index < -0.39 is 33.7 Å². The monoisotopic (exact) mass is 364 g/mol. The second-order valence-electron chi connectivity index (χ2n) is 6.19. The molecule has 0 amide bonds. The first-order chi connectivity index (χ1) is 11.3. The van der Waals surface area contributed by atoms with Crippen LogP contribution < -0.4 is 0 Å². The summed E-state index contributed by atoms with van der Waals surface area (Å²) in [6.45, 7) is 6.99. The highest BCUT2D eigenvalue weighted by molar-refractivity contribution is 6.27. The molecule has 0 aromatic heterocycles. The third-order valence-corrected chi connectivity index (χ3v) is 4.49. The van der Waals surface area contributed by atoms with Gasteiger partial charge in [-0.05, 0) is 46.6 Å². The van der Waals surface area contributed by atoms with Gasteiger partial charge in [0.25, 0.3) is 6.48 Å². The molecule has 138 valence electrons. The third-order valence-electron chi connectivity index (χ3n) is 3.20. The van der Waals surface area contributed by atoms with Gasteiger partial charge in [-0.25, -0.2) is 13.2 Å². The van der Waals surface area contributed by atoms with Crippen molar-refractivity contribution in [3.05, 3.63) is 35.1 Å². The van der Waals surface area contributed by atoms with Crippen molar-refractivity contribution in [1.29, 1.82) is 0 Å². The first kappa shape index (κ1) is 21.2. The number of rotatable bonds is 11. The van der Waals surface area contributed by atoms with Crippen LogP contribution >= 0.6 is 0 Å². The lowest BCUT2D eigenvalue weighted by Crippen LogP contribution is -2.28. The van der Waals surface area contributed by atoms with Gasteiger partial charge in [-0.3, -0.25) is 0 Å². The molecule has 0 atom stereocenters. The van der Waals surface area contributed by atoms with E-state index >= 15 is 0 Å². The summed E-state index contributed by atoms with van der Waals surface area (Å²) in [7, 11) is -0.846. The number of benzene rings is 1. The van der Waals surface area contributed by atoms with E-state index in [1.807, 2.05) is 27.7 Å². The Labute approximate surface area is 144 Å². The number of unbranched alkanes of at least 4 members (excludes halogenated alkanes) is 1. The summed E-state index contributed by atoms with van der Waals surface area (Å²) in [5.74, 6) is -2.54. The van der Waals surface area contributed by atoms with E-state index in [1.165, 1.54) is 0 Å². The molecule has 0 spiro atoms. The van der Waals surface area contributed by atoms with Crippen LogP contribution in [0.2, 0.25) is 6.04 Å². The zero-order valence-electron chi connectivity index (χ0n) is 14.8. The van der Waals surface area contributed by atoms with Crippen molar-refractivity contribution >= 4 is 9.76 Å². The third kappa shape index (κ3) is 8.28. The summed E-state index contributed by atoms with van der Waals surface area (Å²) in [6.07, 6.45) is 1.68. The average Bonchev–Trinajstić information content (AvgIpc) is 2.43. The summed E-state index contributed by atoms with van der Waals surface area (Å²) in [5, 5.41) is 0. The number of halogens is 3. The molecule has 0 saturated carbocycles. The van der Waals surface area contributed by atoms with E-state index in [-0.39, 0.29) is 24.2 Å². The van der Waals surface area contributed by atoms with Crippen molar-refractivity contribution in [2.75, 3.05) is 0 Å². The fourth-order valence-corrected chi connectivity index (χ4v) is 3.20. The SMILES string of the molecule is CC(C)OC(O[SiH2]CCCCc1c(F)cc(F)cc1F)OC(C)C. The highest BCUT2D eigenvalue weighted by Crippen LogP contribution is 2.17. The largest absolute Gasteiger partial charge is 0.379 e. The Hall–Kier alpha value is -0.893. The van der Waals surface area contributed by atoms with Gasteiger partial charge >= 0.3 is 0 Å². The summed E-state index contributed by atoms with van der Waals surface area (Å²) < 4.78 is 56.6. The molecule has 3 nitrogen and oxygen atoms in total. The summed E-state index contributed by atoms with van der Waals surface area (Å²) in [4.78, 5) is 0. The molecule has 24 heavy (non-hydrogen) atoms. The zero-order chi connectivity index (χ0) is 18.1. The van der Waals surface area contributed by atoms with Gasteiger partial charge in [0.05, 0.1) is 12.2 Å². The molecular weight excluding hydrogens is 337 g/mol. The lowest BCUT2D eigenvalue weighted by atomic mass is 10.1.